The van der Waals surface area contributed by atoms with E-state index in [0.717, 1.165) is 15.7 Å². The molecule has 108 valence electrons. The van der Waals surface area contributed by atoms with Crippen molar-refractivity contribution in [2.75, 3.05) is 0 Å². The molecular weight excluding hydrogens is 406 g/mol. The highest BCUT2D eigenvalue weighted by Crippen LogP contribution is 2.34. The maximum Gasteiger partial charge on any atom is 0.210 e. The van der Waals surface area contributed by atoms with Crippen LogP contribution in [0.25, 0.3) is 11.0 Å². The van der Waals surface area contributed by atoms with Crippen molar-refractivity contribution in [2.24, 2.45) is 0 Å². The number of halogens is 2. The molecule has 0 bridgehead atoms. The molecule has 0 saturated heterocycles. The van der Waals surface area contributed by atoms with Crippen molar-refractivity contribution in [3.05, 3.63) is 57.6 Å². The van der Waals surface area contributed by atoms with Crippen molar-refractivity contribution >= 4 is 43.4 Å². The third-order valence-corrected chi connectivity index (χ3v) is 5.77. The summed E-state index contributed by atoms with van der Waals surface area (Å²) in [6.07, 6.45) is 0. The SMILES string of the molecule is Cc1oc2ccc(I)cc2c1S(=O)(=O)c1ccc(F)cc1. The molecule has 2 aromatic carbocycles. The van der Waals surface area contributed by atoms with Crippen molar-refractivity contribution in [3.8, 4) is 0 Å². The average molecular weight is 416 g/mol. The van der Waals surface area contributed by atoms with Gasteiger partial charge in [0.1, 0.15) is 22.1 Å². The molecular formula is C15H10FIO3S. The van der Waals surface area contributed by atoms with E-state index in [9.17, 15) is 12.8 Å². The number of benzene rings is 2. The van der Waals surface area contributed by atoms with E-state index in [1.54, 1.807) is 19.1 Å². The van der Waals surface area contributed by atoms with Crippen molar-refractivity contribution in [3.63, 3.8) is 0 Å². The maximum absolute atomic E-state index is 13.0. The highest BCUT2D eigenvalue weighted by Gasteiger charge is 2.26. The molecule has 0 saturated carbocycles. The van der Waals surface area contributed by atoms with Crippen molar-refractivity contribution in [1.29, 1.82) is 0 Å². The molecule has 1 aromatic heterocycles. The van der Waals surface area contributed by atoms with Crippen molar-refractivity contribution in [2.45, 2.75) is 16.7 Å². The van der Waals surface area contributed by atoms with E-state index in [2.05, 4.69) is 22.6 Å². The molecule has 0 aliphatic carbocycles. The van der Waals surface area contributed by atoms with E-state index < -0.39 is 15.7 Å². The molecule has 21 heavy (non-hydrogen) atoms. The Kier molecular flexibility index (Phi) is 3.53. The summed E-state index contributed by atoms with van der Waals surface area (Å²) in [7, 11) is -3.75. The summed E-state index contributed by atoms with van der Waals surface area (Å²) in [4.78, 5) is 0.191. The Balaban J connectivity index is 2.30. The first-order valence-corrected chi connectivity index (χ1v) is 8.65. The minimum absolute atomic E-state index is 0.0496. The largest absolute Gasteiger partial charge is 0.460 e. The fourth-order valence-electron chi connectivity index (χ4n) is 2.24. The van der Waals surface area contributed by atoms with Crippen LogP contribution >= 0.6 is 22.6 Å². The number of hydrogen-bond acceptors (Lipinski definition) is 3. The quantitative estimate of drug-likeness (QED) is 0.462. The lowest BCUT2D eigenvalue weighted by Crippen LogP contribution is -2.03. The fourth-order valence-corrected chi connectivity index (χ4v) is 4.33. The van der Waals surface area contributed by atoms with Crippen LogP contribution in [0.2, 0.25) is 0 Å². The van der Waals surface area contributed by atoms with Crippen molar-refractivity contribution in [1.82, 2.24) is 0 Å². The van der Waals surface area contributed by atoms with Gasteiger partial charge in [0, 0.05) is 8.96 Å². The van der Waals surface area contributed by atoms with E-state index in [1.165, 1.54) is 12.1 Å². The molecule has 0 fully saturated rings. The summed E-state index contributed by atoms with van der Waals surface area (Å²) in [5.41, 5.74) is 0.522. The first-order chi connectivity index (χ1) is 9.89. The van der Waals surface area contributed by atoms with Crippen LogP contribution in [0.4, 0.5) is 4.39 Å². The average Bonchev–Trinajstić information content (AvgIpc) is 2.75. The first kappa shape index (κ1) is 14.5. The minimum atomic E-state index is -3.75. The molecule has 0 N–H and O–H groups in total. The predicted molar refractivity (Wildman–Crippen MR) is 85.5 cm³/mol. The Hall–Kier alpha value is -1.41. The monoisotopic (exact) mass is 416 g/mol. The number of aryl methyl sites for hydroxylation is 1. The third-order valence-electron chi connectivity index (χ3n) is 3.16. The summed E-state index contributed by atoms with van der Waals surface area (Å²) in [5, 5.41) is 0.545. The number of fused-ring (bicyclic) bond motifs is 1. The zero-order valence-corrected chi connectivity index (χ0v) is 13.9. The summed E-state index contributed by atoms with van der Waals surface area (Å²) in [6.45, 7) is 1.61. The Morgan fingerprint density at radius 2 is 1.76 bits per heavy atom. The normalized spacial score (nSPS) is 12.0. The summed E-state index contributed by atoms with van der Waals surface area (Å²) in [6, 6.07) is 10.1. The van der Waals surface area contributed by atoms with Crippen LogP contribution in [0.1, 0.15) is 5.76 Å². The predicted octanol–water partition coefficient (Wildman–Crippen LogP) is 4.32. The van der Waals surface area contributed by atoms with Gasteiger partial charge in [0.2, 0.25) is 9.84 Å². The van der Waals surface area contributed by atoms with Crippen LogP contribution < -0.4 is 0 Å². The van der Waals surface area contributed by atoms with Crippen LogP contribution in [-0.2, 0) is 9.84 Å². The van der Waals surface area contributed by atoms with E-state index >= 15 is 0 Å². The van der Waals surface area contributed by atoms with Crippen LogP contribution in [0.15, 0.2) is 56.7 Å². The molecule has 3 nitrogen and oxygen atoms in total. The van der Waals surface area contributed by atoms with Gasteiger partial charge in [-0.05, 0) is 72.0 Å². The van der Waals surface area contributed by atoms with Crippen molar-refractivity contribution < 1.29 is 17.2 Å². The van der Waals surface area contributed by atoms with Crippen LogP contribution in [0, 0.1) is 16.3 Å². The molecule has 0 aliphatic heterocycles. The van der Waals surface area contributed by atoms with Crippen LogP contribution in [0.3, 0.4) is 0 Å². The maximum atomic E-state index is 13.0. The molecule has 3 rings (SSSR count). The van der Waals surface area contributed by atoms with Gasteiger partial charge >= 0.3 is 0 Å². The highest BCUT2D eigenvalue weighted by atomic mass is 127. The Morgan fingerprint density at radius 1 is 1.10 bits per heavy atom. The van der Waals surface area contributed by atoms with Gasteiger partial charge in [-0.1, -0.05) is 0 Å². The van der Waals surface area contributed by atoms with Crippen LogP contribution in [0.5, 0.6) is 0 Å². The molecule has 0 spiro atoms. The van der Waals surface area contributed by atoms with Gasteiger partial charge in [-0.2, -0.15) is 0 Å². The molecule has 0 aliphatic rings. The second kappa shape index (κ2) is 5.10. The standard InChI is InChI=1S/C15H10FIO3S/c1-9-15(13-8-11(17)4-7-14(13)20-9)21(18,19)12-5-2-10(16)3-6-12/h2-8H,1H3. The highest BCUT2D eigenvalue weighted by molar-refractivity contribution is 14.1. The van der Waals surface area contributed by atoms with Gasteiger partial charge in [0.25, 0.3) is 0 Å². The zero-order chi connectivity index (χ0) is 15.2. The number of furan rings is 1. The fraction of sp³-hybridized carbons (Fsp3) is 0.0667. The number of hydrogen-bond donors (Lipinski definition) is 0. The van der Waals surface area contributed by atoms with E-state index in [1.807, 2.05) is 6.07 Å². The Labute approximate surface area is 134 Å². The lowest BCUT2D eigenvalue weighted by atomic mass is 10.2. The van der Waals surface area contributed by atoms with E-state index in [-0.39, 0.29) is 9.79 Å². The van der Waals surface area contributed by atoms with Gasteiger partial charge in [0.05, 0.1) is 4.90 Å². The molecule has 0 radical (unpaired) electrons. The lowest BCUT2D eigenvalue weighted by Gasteiger charge is -2.04. The Bertz CT molecular complexity index is 927. The van der Waals surface area contributed by atoms with Gasteiger partial charge in [-0.15, -0.1) is 0 Å². The third kappa shape index (κ3) is 2.46. The topological polar surface area (TPSA) is 47.3 Å². The second-order valence-corrected chi connectivity index (χ2v) is 7.72. The smallest absolute Gasteiger partial charge is 0.210 e. The number of rotatable bonds is 2. The summed E-state index contributed by atoms with van der Waals surface area (Å²) in [5.74, 6) is -0.145. The minimum Gasteiger partial charge on any atom is -0.460 e. The Morgan fingerprint density at radius 3 is 2.43 bits per heavy atom. The second-order valence-electron chi connectivity index (χ2n) is 4.59. The summed E-state index contributed by atoms with van der Waals surface area (Å²) >= 11 is 2.11. The van der Waals surface area contributed by atoms with Gasteiger partial charge < -0.3 is 4.42 Å². The van der Waals surface area contributed by atoms with Gasteiger partial charge in [0.15, 0.2) is 0 Å². The summed E-state index contributed by atoms with van der Waals surface area (Å²) < 4.78 is 45.0. The molecule has 0 atom stereocenters. The molecule has 1 heterocycles. The molecule has 6 heteroatoms. The van der Waals surface area contributed by atoms with Crippen LogP contribution in [-0.4, -0.2) is 8.42 Å². The zero-order valence-electron chi connectivity index (χ0n) is 10.9. The molecule has 0 unspecified atom stereocenters. The lowest BCUT2D eigenvalue weighted by molar-refractivity contribution is 0.557. The van der Waals surface area contributed by atoms with Gasteiger partial charge in [-0.25, -0.2) is 12.8 Å². The molecule has 0 amide bonds. The van der Waals surface area contributed by atoms with Gasteiger partial charge in [-0.3, -0.25) is 0 Å². The van der Waals surface area contributed by atoms with E-state index in [4.69, 9.17) is 4.42 Å². The first-order valence-electron chi connectivity index (χ1n) is 6.09. The van der Waals surface area contributed by atoms with E-state index in [0.29, 0.717) is 16.7 Å². The molecule has 3 aromatic rings. The number of sulfone groups is 1.